The summed E-state index contributed by atoms with van der Waals surface area (Å²) in [6.45, 7) is 1.71. The summed E-state index contributed by atoms with van der Waals surface area (Å²) in [5.41, 5.74) is 3.24. The van der Waals surface area contributed by atoms with Gasteiger partial charge in [-0.1, -0.05) is 76.1 Å². The van der Waals surface area contributed by atoms with Gasteiger partial charge in [0.15, 0.2) is 23.9 Å². The molecule has 40 heavy (non-hydrogen) atoms. The number of carbonyl (C=O) groups excluding carboxylic acids is 1. The second-order valence-electron chi connectivity index (χ2n) is 8.91. The lowest BCUT2D eigenvalue weighted by Gasteiger charge is -2.14. The number of fused-ring (bicyclic) bond motifs is 1. The van der Waals surface area contributed by atoms with Crippen LogP contribution in [0.1, 0.15) is 11.1 Å². The summed E-state index contributed by atoms with van der Waals surface area (Å²) in [7, 11) is 1.51. The number of para-hydroxylation sites is 1. The highest BCUT2D eigenvalue weighted by atomic mass is 79.9. The predicted octanol–water partition coefficient (Wildman–Crippen LogP) is 6.04. The first-order valence-corrected chi connectivity index (χ1v) is 13.2. The van der Waals surface area contributed by atoms with Gasteiger partial charge in [0.25, 0.3) is 11.5 Å². The van der Waals surface area contributed by atoms with Crippen LogP contribution < -0.4 is 20.3 Å². The van der Waals surface area contributed by atoms with E-state index in [4.69, 9.17) is 14.5 Å². The van der Waals surface area contributed by atoms with Gasteiger partial charge in [-0.15, -0.1) is 0 Å². The average molecular weight is 597 g/mol. The molecule has 8 nitrogen and oxygen atoms in total. The van der Waals surface area contributed by atoms with Gasteiger partial charge < -0.3 is 14.8 Å². The molecule has 0 saturated carbocycles. The molecule has 0 aliphatic carbocycles. The van der Waals surface area contributed by atoms with Gasteiger partial charge in [-0.2, -0.15) is 9.78 Å². The maximum atomic E-state index is 13.5. The summed E-state index contributed by atoms with van der Waals surface area (Å²) in [5.74, 6) is 0.753. The first-order valence-electron chi connectivity index (χ1n) is 12.4. The van der Waals surface area contributed by atoms with E-state index in [0.29, 0.717) is 43.9 Å². The van der Waals surface area contributed by atoms with Crippen LogP contribution in [0.25, 0.3) is 22.3 Å². The van der Waals surface area contributed by atoms with Gasteiger partial charge in [0.2, 0.25) is 0 Å². The summed E-state index contributed by atoms with van der Waals surface area (Å²) in [4.78, 5) is 30.9. The van der Waals surface area contributed by atoms with Gasteiger partial charge >= 0.3 is 0 Å². The molecule has 1 heterocycles. The Balaban J connectivity index is 1.51. The monoisotopic (exact) mass is 596 g/mol. The fraction of sp³-hybridized carbons (Fsp3) is 0.0968. The molecular weight excluding hydrogens is 572 g/mol. The number of aryl methyl sites for hydroxylation is 1. The largest absolute Gasteiger partial charge is 0.493 e. The van der Waals surface area contributed by atoms with Gasteiger partial charge in [-0.05, 0) is 43.3 Å². The Morgan fingerprint density at radius 2 is 1.75 bits per heavy atom. The molecule has 0 saturated heterocycles. The number of aromatic nitrogens is 2. The molecule has 0 unspecified atom stereocenters. The summed E-state index contributed by atoms with van der Waals surface area (Å²) < 4.78 is 13.4. The second kappa shape index (κ2) is 12.0. The van der Waals surface area contributed by atoms with Crippen molar-refractivity contribution < 1.29 is 14.3 Å². The van der Waals surface area contributed by atoms with E-state index >= 15 is 0 Å². The summed E-state index contributed by atoms with van der Waals surface area (Å²) in [5, 5.41) is 7.80. The van der Waals surface area contributed by atoms with Gasteiger partial charge in [0.05, 0.1) is 24.2 Å². The maximum absolute atomic E-state index is 13.5. The smallest absolute Gasteiger partial charge is 0.282 e. The van der Waals surface area contributed by atoms with Crippen molar-refractivity contribution in [1.82, 2.24) is 9.66 Å². The Kier molecular flexibility index (Phi) is 8.02. The molecule has 0 aliphatic rings. The lowest BCUT2D eigenvalue weighted by Crippen LogP contribution is -2.21. The minimum absolute atomic E-state index is 0.264. The number of ether oxygens (including phenoxy) is 2. The van der Waals surface area contributed by atoms with Crippen molar-refractivity contribution in [3.63, 3.8) is 0 Å². The number of nitrogens with zero attached hydrogens (tertiary/aromatic N) is 3. The number of nitrogens with one attached hydrogen (secondary N) is 1. The zero-order valence-electron chi connectivity index (χ0n) is 21.8. The third-order valence-corrected chi connectivity index (χ3v) is 6.51. The molecule has 4 aromatic carbocycles. The Labute approximate surface area is 239 Å². The molecule has 1 aromatic heterocycles. The molecule has 0 atom stereocenters. The number of hydrogen-bond donors (Lipinski definition) is 1. The van der Waals surface area contributed by atoms with Crippen LogP contribution in [0.5, 0.6) is 11.5 Å². The van der Waals surface area contributed by atoms with E-state index in [9.17, 15) is 9.59 Å². The summed E-state index contributed by atoms with van der Waals surface area (Å²) >= 11 is 3.49. The third kappa shape index (κ3) is 5.94. The van der Waals surface area contributed by atoms with Crippen LogP contribution in [0, 0.1) is 6.92 Å². The van der Waals surface area contributed by atoms with E-state index in [1.54, 1.807) is 30.3 Å². The van der Waals surface area contributed by atoms with Gasteiger partial charge in [-0.3, -0.25) is 9.59 Å². The number of hydrogen-bond acceptors (Lipinski definition) is 6. The number of methoxy groups -OCH3 is 1. The zero-order chi connectivity index (χ0) is 28.1. The third-order valence-electron chi connectivity index (χ3n) is 6.05. The molecule has 5 aromatic rings. The highest BCUT2D eigenvalue weighted by Crippen LogP contribution is 2.34. The van der Waals surface area contributed by atoms with E-state index in [-0.39, 0.29) is 18.1 Å². The van der Waals surface area contributed by atoms with E-state index < -0.39 is 0 Å². The quantitative estimate of drug-likeness (QED) is 0.220. The van der Waals surface area contributed by atoms with Crippen molar-refractivity contribution in [2.45, 2.75) is 6.92 Å². The molecule has 0 bridgehead atoms. The van der Waals surface area contributed by atoms with Crippen LogP contribution in [0.3, 0.4) is 0 Å². The molecule has 0 aliphatic heterocycles. The lowest BCUT2D eigenvalue weighted by atomic mass is 10.2. The fourth-order valence-electron chi connectivity index (χ4n) is 4.09. The predicted molar refractivity (Wildman–Crippen MR) is 160 cm³/mol. The minimum Gasteiger partial charge on any atom is -0.493 e. The number of amides is 1. The summed E-state index contributed by atoms with van der Waals surface area (Å²) in [6.07, 6.45) is 1.49. The van der Waals surface area contributed by atoms with Crippen molar-refractivity contribution in [2.24, 2.45) is 5.10 Å². The second-order valence-corrected chi connectivity index (χ2v) is 9.83. The molecule has 0 spiro atoms. The van der Waals surface area contributed by atoms with Crippen LogP contribution in [0.15, 0.2) is 105 Å². The number of rotatable bonds is 8. The standard InChI is InChI=1S/C31H25BrN4O4/c1-20-12-14-24(15-13-20)34-28(37)19-40-29-22(16-23(32)17-27(29)39-2)18-33-36-30(21-8-4-3-5-9-21)35-26-11-7-6-10-25(26)31(36)38/h3-18H,19H2,1-2H3,(H,34,37). The van der Waals surface area contributed by atoms with E-state index in [1.165, 1.54) is 18.0 Å². The van der Waals surface area contributed by atoms with Crippen LogP contribution in [0.2, 0.25) is 0 Å². The molecule has 200 valence electrons. The van der Waals surface area contributed by atoms with Crippen molar-refractivity contribution in [3.8, 4) is 22.9 Å². The average Bonchev–Trinajstić information content (AvgIpc) is 2.97. The van der Waals surface area contributed by atoms with Gasteiger partial charge in [-0.25, -0.2) is 4.98 Å². The van der Waals surface area contributed by atoms with Crippen molar-refractivity contribution >= 4 is 44.6 Å². The number of halogens is 1. The van der Waals surface area contributed by atoms with E-state index in [1.807, 2.05) is 67.6 Å². The lowest BCUT2D eigenvalue weighted by molar-refractivity contribution is -0.118. The van der Waals surface area contributed by atoms with E-state index in [2.05, 4.69) is 26.3 Å². The highest BCUT2D eigenvalue weighted by Gasteiger charge is 2.16. The first-order chi connectivity index (χ1) is 19.4. The Morgan fingerprint density at radius 1 is 1.02 bits per heavy atom. The van der Waals surface area contributed by atoms with E-state index in [0.717, 1.165) is 11.1 Å². The summed E-state index contributed by atoms with van der Waals surface area (Å²) in [6, 6.07) is 27.5. The number of carbonyl (C=O) groups is 1. The van der Waals surface area contributed by atoms with Crippen LogP contribution in [0.4, 0.5) is 5.69 Å². The van der Waals surface area contributed by atoms with Gasteiger partial charge in [0, 0.05) is 21.3 Å². The molecular formula is C31H25BrN4O4. The fourth-order valence-corrected chi connectivity index (χ4v) is 4.54. The molecule has 0 radical (unpaired) electrons. The molecule has 1 N–H and O–H groups in total. The maximum Gasteiger partial charge on any atom is 0.282 e. The normalized spacial score (nSPS) is 11.1. The van der Waals surface area contributed by atoms with Crippen LogP contribution in [-0.4, -0.2) is 35.5 Å². The van der Waals surface area contributed by atoms with Crippen molar-refractivity contribution in [3.05, 3.63) is 117 Å². The molecule has 1 amide bonds. The highest BCUT2D eigenvalue weighted by molar-refractivity contribution is 9.10. The minimum atomic E-state index is -0.335. The van der Waals surface area contributed by atoms with Crippen LogP contribution >= 0.6 is 15.9 Å². The Bertz CT molecular complexity index is 1770. The number of anilines is 1. The number of benzene rings is 4. The first kappa shape index (κ1) is 26.8. The Hall–Kier alpha value is -4.76. The molecule has 0 fully saturated rings. The van der Waals surface area contributed by atoms with Crippen molar-refractivity contribution in [2.75, 3.05) is 19.0 Å². The molecule has 9 heteroatoms. The van der Waals surface area contributed by atoms with Crippen LogP contribution in [-0.2, 0) is 4.79 Å². The topological polar surface area (TPSA) is 94.8 Å². The van der Waals surface area contributed by atoms with Gasteiger partial charge in [0.1, 0.15) is 0 Å². The molecule has 5 rings (SSSR count). The Morgan fingerprint density at radius 3 is 2.50 bits per heavy atom. The zero-order valence-corrected chi connectivity index (χ0v) is 23.4. The van der Waals surface area contributed by atoms with Crippen molar-refractivity contribution in [1.29, 1.82) is 0 Å². The SMILES string of the molecule is COc1cc(Br)cc(C=Nn2c(-c3ccccc3)nc3ccccc3c2=O)c1OCC(=O)Nc1ccc(C)cc1.